The Hall–Kier alpha value is -1.08. The molecule has 6 nitrogen and oxygen atoms in total. The van der Waals surface area contributed by atoms with Gasteiger partial charge in [-0.15, -0.1) is 10.2 Å². The number of carboxylic acid groups (broad SMARTS) is 1. The van der Waals surface area contributed by atoms with E-state index in [2.05, 4.69) is 10.2 Å². The molecule has 1 aromatic rings. The van der Waals surface area contributed by atoms with Gasteiger partial charge in [0.05, 0.1) is 17.9 Å². The van der Waals surface area contributed by atoms with Crippen molar-refractivity contribution in [2.75, 3.05) is 12.9 Å². The maximum Gasteiger partial charge on any atom is 0.313 e. The number of rotatable bonds is 7. The van der Waals surface area contributed by atoms with Crippen LogP contribution in [0.5, 0.6) is 0 Å². The van der Waals surface area contributed by atoms with E-state index in [1.165, 1.54) is 11.8 Å². The smallest absolute Gasteiger partial charge is 0.313 e. The molecule has 0 aromatic carbocycles. The van der Waals surface area contributed by atoms with Crippen LogP contribution >= 0.6 is 11.8 Å². The van der Waals surface area contributed by atoms with Gasteiger partial charge in [0.2, 0.25) is 0 Å². The Morgan fingerprint density at radius 1 is 1.50 bits per heavy atom. The van der Waals surface area contributed by atoms with E-state index < -0.39 is 5.97 Å². The topological polar surface area (TPSA) is 77.2 Å². The van der Waals surface area contributed by atoms with E-state index in [9.17, 15) is 4.79 Å². The number of hydrogen-bond acceptors (Lipinski definition) is 5. The number of aromatic nitrogens is 3. The van der Waals surface area contributed by atoms with Gasteiger partial charge in [-0.25, -0.2) is 0 Å². The Labute approximate surface area is 111 Å². The fourth-order valence-corrected chi connectivity index (χ4v) is 2.09. The average Bonchev–Trinajstić information content (AvgIpc) is 2.68. The summed E-state index contributed by atoms with van der Waals surface area (Å²) in [5, 5.41) is 17.4. The zero-order valence-corrected chi connectivity index (χ0v) is 12.0. The van der Waals surface area contributed by atoms with Crippen LogP contribution < -0.4 is 0 Å². The van der Waals surface area contributed by atoms with Crippen molar-refractivity contribution in [3.63, 3.8) is 0 Å². The number of hydrogen-bond donors (Lipinski definition) is 1. The number of aliphatic carboxylic acids is 1. The minimum absolute atomic E-state index is 0.0186. The molecule has 18 heavy (non-hydrogen) atoms. The van der Waals surface area contributed by atoms with Crippen LogP contribution in [-0.4, -0.2) is 44.3 Å². The normalized spacial score (nSPS) is 11.8. The molecule has 0 spiro atoms. The summed E-state index contributed by atoms with van der Waals surface area (Å²) in [7, 11) is 1.65. The highest BCUT2D eigenvalue weighted by Gasteiger charge is 2.22. The Morgan fingerprint density at radius 2 is 2.17 bits per heavy atom. The number of thioether (sulfide) groups is 1. The predicted octanol–water partition coefficient (Wildman–Crippen LogP) is 1.44. The SMILES string of the molecule is CCc1nnc(SCC(=O)O)n1CC(C)(C)OC. The summed E-state index contributed by atoms with van der Waals surface area (Å²) < 4.78 is 7.32. The lowest BCUT2D eigenvalue weighted by Gasteiger charge is -2.24. The summed E-state index contributed by atoms with van der Waals surface area (Å²) in [5.41, 5.74) is -0.342. The molecule has 1 aromatic heterocycles. The number of carbonyl (C=O) groups is 1. The molecule has 0 saturated carbocycles. The standard InChI is InChI=1S/C11H19N3O3S/c1-5-8-12-13-10(18-6-9(15)16)14(8)7-11(2,3)17-4/h5-7H2,1-4H3,(H,15,16). The maximum absolute atomic E-state index is 10.6. The molecule has 0 saturated heterocycles. The quantitative estimate of drug-likeness (QED) is 0.757. The van der Waals surface area contributed by atoms with Gasteiger partial charge in [0, 0.05) is 13.5 Å². The zero-order chi connectivity index (χ0) is 13.8. The molecule has 0 unspecified atom stereocenters. The highest BCUT2D eigenvalue weighted by molar-refractivity contribution is 7.99. The van der Waals surface area contributed by atoms with Gasteiger partial charge in [-0.3, -0.25) is 4.79 Å². The van der Waals surface area contributed by atoms with Crippen molar-refractivity contribution < 1.29 is 14.6 Å². The Bertz CT molecular complexity index is 418. The van der Waals surface area contributed by atoms with Crippen LogP contribution in [0, 0.1) is 0 Å². The van der Waals surface area contributed by atoms with Crippen LogP contribution in [0.4, 0.5) is 0 Å². The number of aryl methyl sites for hydroxylation is 1. The first-order valence-electron chi connectivity index (χ1n) is 5.71. The zero-order valence-electron chi connectivity index (χ0n) is 11.1. The summed E-state index contributed by atoms with van der Waals surface area (Å²) in [6.45, 7) is 6.53. The van der Waals surface area contributed by atoms with Crippen LogP contribution in [-0.2, 0) is 22.5 Å². The summed E-state index contributed by atoms with van der Waals surface area (Å²) in [5.74, 6) is -0.0402. The van der Waals surface area contributed by atoms with Crippen molar-refractivity contribution in [3.05, 3.63) is 5.82 Å². The van der Waals surface area contributed by atoms with Gasteiger partial charge in [-0.2, -0.15) is 0 Å². The summed E-state index contributed by atoms with van der Waals surface area (Å²) in [6.07, 6.45) is 0.750. The Balaban J connectivity index is 2.91. The van der Waals surface area contributed by atoms with Crippen LogP contribution in [0.1, 0.15) is 26.6 Å². The summed E-state index contributed by atoms with van der Waals surface area (Å²) >= 11 is 1.18. The van der Waals surface area contributed by atoms with Crippen LogP contribution in [0.2, 0.25) is 0 Å². The molecule has 1 rings (SSSR count). The number of carboxylic acids is 1. The van der Waals surface area contributed by atoms with Gasteiger partial charge in [-0.05, 0) is 13.8 Å². The van der Waals surface area contributed by atoms with E-state index in [0.717, 1.165) is 12.2 Å². The van der Waals surface area contributed by atoms with Crippen LogP contribution in [0.15, 0.2) is 5.16 Å². The summed E-state index contributed by atoms with van der Waals surface area (Å²) in [6, 6.07) is 0. The molecule has 0 fully saturated rings. The Kier molecular flexibility index (Phi) is 5.15. The fraction of sp³-hybridized carbons (Fsp3) is 0.727. The molecule has 102 valence electrons. The third kappa shape index (κ3) is 3.99. The molecule has 0 bridgehead atoms. The van der Waals surface area contributed by atoms with Gasteiger partial charge in [0.1, 0.15) is 5.82 Å². The first kappa shape index (κ1) is 15.0. The second kappa shape index (κ2) is 6.19. The van der Waals surface area contributed by atoms with E-state index >= 15 is 0 Å². The minimum atomic E-state index is -0.862. The highest BCUT2D eigenvalue weighted by Crippen LogP contribution is 2.21. The molecule has 0 aliphatic rings. The van der Waals surface area contributed by atoms with Crippen molar-refractivity contribution in [1.29, 1.82) is 0 Å². The Morgan fingerprint density at radius 3 is 2.67 bits per heavy atom. The van der Waals surface area contributed by atoms with Crippen molar-refractivity contribution in [2.45, 2.75) is 44.5 Å². The van der Waals surface area contributed by atoms with E-state index in [1.807, 2.05) is 25.3 Å². The third-order valence-corrected chi connectivity index (χ3v) is 3.48. The monoisotopic (exact) mass is 273 g/mol. The van der Waals surface area contributed by atoms with E-state index in [0.29, 0.717) is 11.7 Å². The van der Waals surface area contributed by atoms with Crippen LogP contribution in [0.25, 0.3) is 0 Å². The first-order valence-corrected chi connectivity index (χ1v) is 6.70. The number of ether oxygens (including phenoxy) is 1. The molecule has 0 aliphatic heterocycles. The average molecular weight is 273 g/mol. The fourth-order valence-electron chi connectivity index (χ4n) is 1.42. The van der Waals surface area contributed by atoms with Crippen molar-refractivity contribution in [2.24, 2.45) is 0 Å². The lowest BCUT2D eigenvalue weighted by atomic mass is 10.1. The van der Waals surface area contributed by atoms with Gasteiger partial charge in [0.15, 0.2) is 5.16 Å². The molecule has 0 amide bonds. The van der Waals surface area contributed by atoms with E-state index in [4.69, 9.17) is 9.84 Å². The van der Waals surface area contributed by atoms with Gasteiger partial charge >= 0.3 is 5.97 Å². The molecular formula is C11H19N3O3S. The largest absolute Gasteiger partial charge is 0.481 e. The number of nitrogens with zero attached hydrogens (tertiary/aromatic N) is 3. The lowest BCUT2D eigenvalue weighted by molar-refractivity contribution is -0.133. The highest BCUT2D eigenvalue weighted by atomic mass is 32.2. The number of methoxy groups -OCH3 is 1. The van der Waals surface area contributed by atoms with E-state index in [1.54, 1.807) is 7.11 Å². The summed E-state index contributed by atoms with van der Waals surface area (Å²) in [4.78, 5) is 10.6. The van der Waals surface area contributed by atoms with Crippen molar-refractivity contribution in [1.82, 2.24) is 14.8 Å². The molecule has 1 heterocycles. The van der Waals surface area contributed by atoms with Gasteiger partial charge < -0.3 is 14.4 Å². The van der Waals surface area contributed by atoms with E-state index in [-0.39, 0.29) is 11.4 Å². The molecule has 7 heteroatoms. The second-order valence-electron chi connectivity index (χ2n) is 4.48. The van der Waals surface area contributed by atoms with Crippen LogP contribution in [0.3, 0.4) is 0 Å². The van der Waals surface area contributed by atoms with Crippen molar-refractivity contribution in [3.8, 4) is 0 Å². The van der Waals surface area contributed by atoms with Gasteiger partial charge in [0.25, 0.3) is 0 Å². The lowest BCUT2D eigenvalue weighted by Crippen LogP contribution is -2.30. The first-order chi connectivity index (χ1) is 8.39. The predicted molar refractivity (Wildman–Crippen MR) is 68.8 cm³/mol. The second-order valence-corrected chi connectivity index (χ2v) is 5.43. The molecule has 0 radical (unpaired) electrons. The molecule has 0 aliphatic carbocycles. The molecule has 0 atom stereocenters. The molecule has 1 N–H and O–H groups in total. The third-order valence-electron chi connectivity index (χ3n) is 2.53. The maximum atomic E-state index is 10.6. The van der Waals surface area contributed by atoms with Crippen molar-refractivity contribution >= 4 is 17.7 Å². The van der Waals surface area contributed by atoms with Gasteiger partial charge in [-0.1, -0.05) is 18.7 Å². The molecular weight excluding hydrogens is 254 g/mol. The minimum Gasteiger partial charge on any atom is -0.481 e.